The minimum absolute atomic E-state index is 0.0660. The Hall–Kier alpha value is -3.26. The van der Waals surface area contributed by atoms with Crippen LogP contribution in [0.4, 0.5) is 0 Å². The van der Waals surface area contributed by atoms with Gasteiger partial charge in [0.2, 0.25) is 0 Å². The molecular formula is C19H19N5O3. The van der Waals surface area contributed by atoms with Gasteiger partial charge in [0.25, 0.3) is 11.8 Å². The predicted molar refractivity (Wildman–Crippen MR) is 98.3 cm³/mol. The minimum Gasteiger partial charge on any atom is -0.380 e. The summed E-state index contributed by atoms with van der Waals surface area (Å²) < 4.78 is 0. The van der Waals surface area contributed by atoms with E-state index in [2.05, 4.69) is 25.6 Å². The molecule has 3 aromatic heterocycles. The molecule has 1 aliphatic rings. The number of hydrogen-bond donors (Lipinski definition) is 4. The second-order valence-corrected chi connectivity index (χ2v) is 6.53. The molecule has 1 unspecified atom stereocenters. The summed E-state index contributed by atoms with van der Waals surface area (Å²) in [4.78, 5) is 36.2. The molecular weight excluding hydrogens is 346 g/mol. The average Bonchev–Trinajstić information content (AvgIpc) is 3.38. The van der Waals surface area contributed by atoms with E-state index in [1.54, 1.807) is 18.5 Å². The molecule has 8 nitrogen and oxygen atoms in total. The first-order valence-corrected chi connectivity index (χ1v) is 8.72. The van der Waals surface area contributed by atoms with E-state index < -0.39 is 12.0 Å². The van der Waals surface area contributed by atoms with Crippen molar-refractivity contribution in [1.29, 1.82) is 0 Å². The van der Waals surface area contributed by atoms with Crippen LogP contribution in [0.2, 0.25) is 0 Å². The lowest BCUT2D eigenvalue weighted by atomic mass is 10.0. The molecule has 0 aromatic carbocycles. The highest BCUT2D eigenvalue weighted by atomic mass is 16.3. The number of aliphatic hydroxyl groups is 1. The third kappa shape index (κ3) is 3.39. The first kappa shape index (κ1) is 17.2. The van der Waals surface area contributed by atoms with Crippen molar-refractivity contribution in [2.24, 2.45) is 0 Å². The average molecular weight is 365 g/mol. The van der Waals surface area contributed by atoms with E-state index in [1.165, 1.54) is 19.2 Å². The van der Waals surface area contributed by atoms with Gasteiger partial charge in [-0.2, -0.15) is 0 Å². The second-order valence-electron chi connectivity index (χ2n) is 6.53. The predicted octanol–water partition coefficient (Wildman–Crippen LogP) is 1.29. The fourth-order valence-electron chi connectivity index (χ4n) is 2.93. The van der Waals surface area contributed by atoms with E-state index in [0.29, 0.717) is 5.69 Å². The molecule has 8 heteroatoms. The number of aromatic amines is 1. The lowest BCUT2D eigenvalue weighted by molar-refractivity contribution is 0.0950. The number of pyridine rings is 2. The van der Waals surface area contributed by atoms with E-state index in [9.17, 15) is 14.7 Å². The Morgan fingerprint density at radius 1 is 1.26 bits per heavy atom. The Morgan fingerprint density at radius 3 is 2.81 bits per heavy atom. The molecule has 27 heavy (non-hydrogen) atoms. The maximum atomic E-state index is 12.5. The van der Waals surface area contributed by atoms with Gasteiger partial charge in [-0.15, -0.1) is 0 Å². The van der Waals surface area contributed by atoms with Gasteiger partial charge in [-0.25, -0.2) is 4.98 Å². The highest BCUT2D eigenvalue weighted by Gasteiger charge is 2.26. The Bertz CT molecular complexity index is 1030. The van der Waals surface area contributed by atoms with Gasteiger partial charge in [0.1, 0.15) is 11.8 Å². The van der Waals surface area contributed by atoms with Crippen molar-refractivity contribution in [3.8, 4) is 0 Å². The summed E-state index contributed by atoms with van der Waals surface area (Å²) in [6.45, 7) is 0. The van der Waals surface area contributed by atoms with Gasteiger partial charge in [-0.3, -0.25) is 14.6 Å². The zero-order valence-electron chi connectivity index (χ0n) is 14.7. The monoisotopic (exact) mass is 365 g/mol. The molecule has 0 bridgehead atoms. The maximum absolute atomic E-state index is 12.5. The highest BCUT2D eigenvalue weighted by Crippen LogP contribution is 2.27. The molecule has 138 valence electrons. The lowest BCUT2D eigenvalue weighted by Crippen LogP contribution is -2.27. The van der Waals surface area contributed by atoms with Crippen LogP contribution >= 0.6 is 0 Å². The fourth-order valence-corrected chi connectivity index (χ4v) is 2.93. The minimum atomic E-state index is -1.18. The summed E-state index contributed by atoms with van der Waals surface area (Å²) in [6, 6.07) is 6.72. The van der Waals surface area contributed by atoms with Crippen LogP contribution in [0.3, 0.4) is 0 Å². The molecule has 1 aliphatic carbocycles. The standard InChI is InChI=1S/C19H19N5O3/c1-20-19(27)15-9-10(18(26)23-11-2-3-11)8-14(24-15)17(25)16-12-4-6-21-13(12)5-7-22-16/h4-9,11,17,21,25H,2-3H2,1H3,(H,20,27)(H,23,26). The van der Waals surface area contributed by atoms with Crippen molar-refractivity contribution >= 4 is 22.7 Å². The van der Waals surface area contributed by atoms with E-state index in [0.717, 1.165) is 23.7 Å². The highest BCUT2D eigenvalue weighted by molar-refractivity contribution is 5.99. The van der Waals surface area contributed by atoms with Crippen LogP contribution in [-0.2, 0) is 0 Å². The number of aromatic nitrogens is 3. The van der Waals surface area contributed by atoms with E-state index in [-0.39, 0.29) is 28.9 Å². The van der Waals surface area contributed by atoms with Crippen LogP contribution in [-0.4, -0.2) is 45.0 Å². The molecule has 0 saturated heterocycles. The van der Waals surface area contributed by atoms with Crippen LogP contribution in [0.1, 0.15) is 51.2 Å². The zero-order valence-corrected chi connectivity index (χ0v) is 14.7. The van der Waals surface area contributed by atoms with Gasteiger partial charge in [0, 0.05) is 41.9 Å². The van der Waals surface area contributed by atoms with Crippen LogP contribution in [0.25, 0.3) is 10.9 Å². The van der Waals surface area contributed by atoms with Gasteiger partial charge in [0.15, 0.2) is 0 Å². The van der Waals surface area contributed by atoms with Crippen LogP contribution in [0, 0.1) is 0 Å². The van der Waals surface area contributed by atoms with Crippen molar-refractivity contribution in [2.45, 2.75) is 25.0 Å². The number of H-pyrrole nitrogens is 1. The van der Waals surface area contributed by atoms with Crippen LogP contribution in [0.5, 0.6) is 0 Å². The smallest absolute Gasteiger partial charge is 0.269 e. The Labute approximate surface area is 155 Å². The third-order valence-electron chi connectivity index (χ3n) is 4.53. The van der Waals surface area contributed by atoms with Gasteiger partial charge in [-0.05, 0) is 37.1 Å². The number of fused-ring (bicyclic) bond motifs is 1. The number of carbonyl (C=O) groups is 2. The molecule has 0 radical (unpaired) electrons. The van der Waals surface area contributed by atoms with Crippen molar-refractivity contribution in [3.63, 3.8) is 0 Å². The quantitative estimate of drug-likeness (QED) is 0.543. The first-order chi connectivity index (χ1) is 13.1. The Balaban J connectivity index is 1.77. The normalized spacial score (nSPS) is 14.7. The van der Waals surface area contributed by atoms with Crippen molar-refractivity contribution < 1.29 is 14.7 Å². The largest absolute Gasteiger partial charge is 0.380 e. The molecule has 1 atom stereocenters. The van der Waals surface area contributed by atoms with Crippen LogP contribution in [0.15, 0.2) is 36.7 Å². The molecule has 1 fully saturated rings. The zero-order chi connectivity index (χ0) is 19.0. The van der Waals surface area contributed by atoms with Crippen molar-refractivity contribution in [3.05, 3.63) is 59.3 Å². The first-order valence-electron chi connectivity index (χ1n) is 8.72. The van der Waals surface area contributed by atoms with Gasteiger partial charge in [0.05, 0.1) is 11.4 Å². The molecule has 3 aromatic rings. The van der Waals surface area contributed by atoms with E-state index in [4.69, 9.17) is 0 Å². The third-order valence-corrected chi connectivity index (χ3v) is 4.53. The summed E-state index contributed by atoms with van der Waals surface area (Å²) in [7, 11) is 1.49. The molecule has 4 rings (SSSR count). The SMILES string of the molecule is CNC(=O)c1cc(C(=O)NC2CC2)cc(C(O)c2nccc3[nH]ccc23)n1. The summed E-state index contributed by atoms with van der Waals surface area (Å²) in [5.74, 6) is -0.719. The molecule has 4 N–H and O–H groups in total. The number of rotatable bonds is 5. The maximum Gasteiger partial charge on any atom is 0.269 e. The number of nitrogens with zero attached hydrogens (tertiary/aromatic N) is 2. The lowest BCUT2D eigenvalue weighted by Gasteiger charge is -2.14. The Morgan fingerprint density at radius 2 is 2.07 bits per heavy atom. The van der Waals surface area contributed by atoms with Gasteiger partial charge >= 0.3 is 0 Å². The molecule has 0 spiro atoms. The van der Waals surface area contributed by atoms with Crippen molar-refractivity contribution in [2.75, 3.05) is 7.05 Å². The van der Waals surface area contributed by atoms with Gasteiger partial charge in [-0.1, -0.05) is 0 Å². The van der Waals surface area contributed by atoms with E-state index >= 15 is 0 Å². The molecule has 0 aliphatic heterocycles. The van der Waals surface area contributed by atoms with Crippen molar-refractivity contribution in [1.82, 2.24) is 25.6 Å². The summed E-state index contributed by atoms with van der Waals surface area (Å²) in [6.07, 6.45) is 4.07. The number of carbonyl (C=O) groups excluding carboxylic acids is 2. The second kappa shape index (κ2) is 6.81. The molecule has 3 heterocycles. The van der Waals surface area contributed by atoms with Gasteiger partial charge < -0.3 is 20.7 Å². The van der Waals surface area contributed by atoms with E-state index in [1.807, 2.05) is 6.07 Å². The Kier molecular flexibility index (Phi) is 4.33. The number of amides is 2. The topological polar surface area (TPSA) is 120 Å². The number of hydrogen-bond acceptors (Lipinski definition) is 5. The number of aliphatic hydroxyl groups excluding tert-OH is 1. The molecule has 1 saturated carbocycles. The summed E-state index contributed by atoms with van der Waals surface area (Å²) in [5.41, 5.74) is 1.78. The van der Waals surface area contributed by atoms with Crippen LogP contribution < -0.4 is 10.6 Å². The molecule has 2 amide bonds. The summed E-state index contributed by atoms with van der Waals surface area (Å²) >= 11 is 0. The summed E-state index contributed by atoms with van der Waals surface area (Å²) in [5, 5.41) is 17.0. The number of nitrogens with one attached hydrogen (secondary N) is 3. The fraction of sp³-hybridized carbons (Fsp3) is 0.263.